The van der Waals surface area contributed by atoms with Crippen LogP contribution in [0.1, 0.15) is 19.8 Å². The Hall–Kier alpha value is -0.0200. The van der Waals surface area contributed by atoms with Gasteiger partial charge in [0.15, 0.2) is 0 Å². The van der Waals surface area contributed by atoms with E-state index in [1.54, 1.807) is 6.92 Å². The molecular weight excluding hydrogens is 158 g/mol. The summed E-state index contributed by atoms with van der Waals surface area (Å²) in [6.07, 6.45) is 1.75. The van der Waals surface area contributed by atoms with E-state index in [0.29, 0.717) is 11.8 Å². The summed E-state index contributed by atoms with van der Waals surface area (Å²) in [4.78, 5) is 10.7. The van der Waals surface area contributed by atoms with Gasteiger partial charge in [-0.3, -0.25) is 0 Å². The van der Waals surface area contributed by atoms with Crippen molar-refractivity contribution in [1.82, 2.24) is 5.32 Å². The smallest absolute Gasteiger partial charge is 0.129 e. The predicted octanol–water partition coefficient (Wildman–Crippen LogP) is 1.06. The molecule has 0 spiro atoms. The van der Waals surface area contributed by atoms with Gasteiger partial charge in [0, 0.05) is 30.5 Å². The highest BCUT2D eigenvalue weighted by Gasteiger charge is 2.12. The fourth-order valence-electron chi connectivity index (χ4n) is 1.18. The molecule has 1 aliphatic rings. The van der Waals surface area contributed by atoms with Gasteiger partial charge >= 0.3 is 0 Å². The van der Waals surface area contributed by atoms with Crippen LogP contribution in [0.15, 0.2) is 0 Å². The number of ketones is 1. The first-order chi connectivity index (χ1) is 5.29. The molecule has 0 aromatic carbocycles. The molecule has 0 aromatic rings. The number of rotatable bonds is 3. The van der Waals surface area contributed by atoms with Gasteiger partial charge in [-0.1, -0.05) is 0 Å². The zero-order valence-electron chi connectivity index (χ0n) is 6.93. The van der Waals surface area contributed by atoms with Crippen molar-refractivity contribution in [1.29, 1.82) is 0 Å². The van der Waals surface area contributed by atoms with Crippen LogP contribution in [0, 0.1) is 0 Å². The zero-order chi connectivity index (χ0) is 8.10. The molecule has 64 valence electrons. The van der Waals surface area contributed by atoms with Crippen LogP contribution in [-0.2, 0) is 4.79 Å². The van der Waals surface area contributed by atoms with Gasteiger partial charge < -0.3 is 10.1 Å². The van der Waals surface area contributed by atoms with E-state index >= 15 is 0 Å². The average Bonchev–Trinajstić information content (AvgIpc) is 2.03. The molecule has 1 N–H and O–H groups in total. The lowest BCUT2D eigenvalue weighted by Gasteiger charge is -2.22. The Labute approximate surface area is 72.1 Å². The van der Waals surface area contributed by atoms with Crippen LogP contribution in [0.3, 0.4) is 0 Å². The van der Waals surface area contributed by atoms with Gasteiger partial charge in [0.05, 0.1) is 0 Å². The van der Waals surface area contributed by atoms with Gasteiger partial charge in [-0.15, -0.1) is 0 Å². The van der Waals surface area contributed by atoms with Crippen molar-refractivity contribution in [3.8, 4) is 0 Å². The van der Waals surface area contributed by atoms with Gasteiger partial charge in [0.1, 0.15) is 5.78 Å². The molecule has 1 rings (SSSR count). The standard InChI is InChI=1S/C8H15NOS/c1-7(10)2-3-8-6-11-5-4-9-8/h8-9H,2-6H2,1H3. The van der Waals surface area contributed by atoms with Crippen molar-refractivity contribution in [3.05, 3.63) is 0 Å². The average molecular weight is 173 g/mol. The lowest BCUT2D eigenvalue weighted by Crippen LogP contribution is -2.37. The maximum absolute atomic E-state index is 10.7. The largest absolute Gasteiger partial charge is 0.312 e. The molecule has 0 amide bonds. The summed E-state index contributed by atoms with van der Waals surface area (Å²) in [5.41, 5.74) is 0. The van der Waals surface area contributed by atoms with Gasteiger partial charge in [-0.25, -0.2) is 0 Å². The quantitative estimate of drug-likeness (QED) is 0.692. The lowest BCUT2D eigenvalue weighted by molar-refractivity contribution is -0.117. The van der Waals surface area contributed by atoms with Crippen LogP contribution < -0.4 is 5.32 Å². The molecule has 0 aromatic heterocycles. The molecule has 11 heavy (non-hydrogen) atoms. The molecule has 3 heteroatoms. The van der Waals surface area contributed by atoms with E-state index in [1.807, 2.05) is 11.8 Å². The summed E-state index contributed by atoms with van der Waals surface area (Å²) in [6, 6.07) is 0.581. The van der Waals surface area contributed by atoms with Crippen LogP contribution in [0.4, 0.5) is 0 Å². The van der Waals surface area contributed by atoms with Gasteiger partial charge in [0.2, 0.25) is 0 Å². The number of Topliss-reactive ketones (excluding diaryl/α,β-unsaturated/α-hetero) is 1. The number of thioether (sulfide) groups is 1. The molecule has 1 atom stereocenters. The Morgan fingerprint density at radius 1 is 1.73 bits per heavy atom. The first-order valence-electron chi connectivity index (χ1n) is 4.09. The summed E-state index contributed by atoms with van der Waals surface area (Å²) in [5, 5.41) is 3.40. The molecule has 1 unspecified atom stereocenters. The number of nitrogens with one attached hydrogen (secondary N) is 1. The molecule has 0 bridgehead atoms. The third kappa shape index (κ3) is 3.77. The van der Waals surface area contributed by atoms with Crippen LogP contribution in [0.25, 0.3) is 0 Å². The maximum Gasteiger partial charge on any atom is 0.129 e. The van der Waals surface area contributed by atoms with Crippen molar-refractivity contribution >= 4 is 17.5 Å². The second kappa shape index (κ2) is 4.78. The van der Waals surface area contributed by atoms with E-state index in [2.05, 4.69) is 5.32 Å². The third-order valence-corrected chi connectivity index (χ3v) is 2.97. The molecule has 0 radical (unpaired) electrons. The van der Waals surface area contributed by atoms with Crippen molar-refractivity contribution in [2.45, 2.75) is 25.8 Å². The van der Waals surface area contributed by atoms with Crippen molar-refractivity contribution < 1.29 is 4.79 Å². The molecule has 1 aliphatic heterocycles. The minimum absolute atomic E-state index is 0.308. The van der Waals surface area contributed by atoms with E-state index in [1.165, 1.54) is 11.5 Å². The van der Waals surface area contributed by atoms with Crippen molar-refractivity contribution in [3.63, 3.8) is 0 Å². The summed E-state index contributed by atoms with van der Waals surface area (Å²) < 4.78 is 0. The minimum Gasteiger partial charge on any atom is -0.312 e. The molecule has 1 heterocycles. The highest BCUT2D eigenvalue weighted by molar-refractivity contribution is 7.99. The normalized spacial score (nSPS) is 25.0. The van der Waals surface area contributed by atoms with E-state index in [9.17, 15) is 4.79 Å². The van der Waals surface area contributed by atoms with Crippen LogP contribution in [-0.4, -0.2) is 29.9 Å². The van der Waals surface area contributed by atoms with E-state index in [-0.39, 0.29) is 0 Å². The topological polar surface area (TPSA) is 29.1 Å². The Morgan fingerprint density at radius 3 is 3.09 bits per heavy atom. The van der Waals surface area contributed by atoms with Crippen LogP contribution in [0.2, 0.25) is 0 Å². The first kappa shape index (κ1) is 9.07. The highest BCUT2D eigenvalue weighted by atomic mass is 32.2. The number of carbonyl (C=O) groups excluding carboxylic acids is 1. The summed E-state index contributed by atoms with van der Waals surface area (Å²) in [7, 11) is 0. The van der Waals surface area contributed by atoms with Crippen molar-refractivity contribution in [2.75, 3.05) is 18.1 Å². The van der Waals surface area contributed by atoms with Crippen LogP contribution in [0.5, 0.6) is 0 Å². The lowest BCUT2D eigenvalue weighted by atomic mass is 10.1. The summed E-state index contributed by atoms with van der Waals surface area (Å²) in [5.74, 6) is 2.70. The predicted molar refractivity (Wildman–Crippen MR) is 49.0 cm³/mol. The van der Waals surface area contributed by atoms with Crippen LogP contribution >= 0.6 is 11.8 Å². The van der Waals surface area contributed by atoms with E-state index < -0.39 is 0 Å². The Balaban J connectivity index is 2.09. The molecular formula is C8H15NOS. The second-order valence-electron chi connectivity index (χ2n) is 2.97. The second-order valence-corrected chi connectivity index (χ2v) is 4.12. The molecule has 1 fully saturated rings. The molecule has 0 aliphatic carbocycles. The Kier molecular flexibility index (Phi) is 3.94. The highest BCUT2D eigenvalue weighted by Crippen LogP contribution is 2.11. The minimum atomic E-state index is 0.308. The summed E-state index contributed by atoms with van der Waals surface area (Å²) in [6.45, 7) is 2.77. The number of carbonyl (C=O) groups is 1. The monoisotopic (exact) mass is 173 g/mol. The number of hydrogen-bond acceptors (Lipinski definition) is 3. The van der Waals surface area contributed by atoms with Gasteiger partial charge in [0.25, 0.3) is 0 Å². The molecule has 0 saturated carbocycles. The van der Waals surface area contributed by atoms with E-state index in [4.69, 9.17) is 0 Å². The van der Waals surface area contributed by atoms with Gasteiger partial charge in [-0.05, 0) is 13.3 Å². The first-order valence-corrected chi connectivity index (χ1v) is 5.25. The fraction of sp³-hybridized carbons (Fsp3) is 0.875. The zero-order valence-corrected chi connectivity index (χ0v) is 7.75. The van der Waals surface area contributed by atoms with Crippen molar-refractivity contribution in [2.24, 2.45) is 0 Å². The Bertz CT molecular complexity index is 132. The fourth-order valence-corrected chi connectivity index (χ4v) is 2.18. The maximum atomic E-state index is 10.7. The summed E-state index contributed by atoms with van der Waals surface area (Å²) >= 11 is 1.98. The number of hydrogen-bond donors (Lipinski definition) is 1. The molecule has 1 saturated heterocycles. The van der Waals surface area contributed by atoms with Gasteiger partial charge in [-0.2, -0.15) is 11.8 Å². The third-order valence-electron chi connectivity index (χ3n) is 1.84. The van der Waals surface area contributed by atoms with E-state index in [0.717, 1.165) is 19.4 Å². The molecule has 2 nitrogen and oxygen atoms in total. The Morgan fingerprint density at radius 2 is 2.55 bits per heavy atom. The SMILES string of the molecule is CC(=O)CCC1CSCCN1.